The zero-order valence-electron chi connectivity index (χ0n) is 16.7. The van der Waals surface area contributed by atoms with Crippen LogP contribution in [-0.2, 0) is 11.3 Å². The molecule has 1 heterocycles. The second-order valence-corrected chi connectivity index (χ2v) is 6.89. The number of hydrogen-bond donors (Lipinski definition) is 1. The first kappa shape index (κ1) is 21.8. The lowest BCUT2D eigenvalue weighted by molar-refractivity contribution is -0.158. The highest BCUT2D eigenvalue weighted by molar-refractivity contribution is 5.84. The van der Waals surface area contributed by atoms with Gasteiger partial charge in [-0.25, -0.2) is 0 Å². The number of ether oxygens (including phenoxy) is 3. The van der Waals surface area contributed by atoms with Gasteiger partial charge < -0.3 is 24.4 Å². The molecule has 3 rings (SSSR count). The smallest absolute Gasteiger partial charge is 0.406 e. The molecule has 9 heteroatoms. The second kappa shape index (κ2) is 9.25. The Bertz CT molecular complexity index is 849. The SMILES string of the molecule is COc1cc(OC)cc(Oc2ccc(CNC3CCN(CC(F)(F)F)C3=O)cc2)c1. The maximum absolute atomic E-state index is 12.5. The lowest BCUT2D eigenvalue weighted by Gasteiger charge is -2.18. The van der Waals surface area contributed by atoms with E-state index < -0.39 is 24.7 Å². The number of methoxy groups -OCH3 is 2. The summed E-state index contributed by atoms with van der Waals surface area (Å²) in [5.41, 5.74) is 0.882. The van der Waals surface area contributed by atoms with Crippen LogP contribution in [0.4, 0.5) is 13.2 Å². The molecule has 2 aromatic rings. The third-order valence-electron chi connectivity index (χ3n) is 4.70. The number of nitrogens with one attached hydrogen (secondary N) is 1. The van der Waals surface area contributed by atoms with Gasteiger partial charge in [0.25, 0.3) is 0 Å². The number of hydrogen-bond acceptors (Lipinski definition) is 5. The molecule has 1 unspecified atom stereocenters. The van der Waals surface area contributed by atoms with Gasteiger partial charge in [0.15, 0.2) is 0 Å². The largest absolute Gasteiger partial charge is 0.496 e. The number of nitrogens with zero attached hydrogens (tertiary/aromatic N) is 1. The monoisotopic (exact) mass is 424 g/mol. The number of halogens is 3. The van der Waals surface area contributed by atoms with Crippen LogP contribution < -0.4 is 19.5 Å². The van der Waals surface area contributed by atoms with Crippen LogP contribution in [0.15, 0.2) is 42.5 Å². The summed E-state index contributed by atoms with van der Waals surface area (Å²) in [6.07, 6.45) is -4.03. The van der Waals surface area contributed by atoms with Gasteiger partial charge in [-0.1, -0.05) is 12.1 Å². The topological polar surface area (TPSA) is 60.0 Å². The van der Waals surface area contributed by atoms with Crippen LogP contribution >= 0.6 is 0 Å². The molecule has 2 aromatic carbocycles. The van der Waals surface area contributed by atoms with Crippen molar-refractivity contribution in [3.8, 4) is 23.0 Å². The van der Waals surface area contributed by atoms with Crippen LogP contribution in [0.25, 0.3) is 0 Å². The van der Waals surface area contributed by atoms with Gasteiger partial charge in [-0.15, -0.1) is 0 Å². The molecule has 1 aliphatic rings. The van der Waals surface area contributed by atoms with Crippen molar-refractivity contribution in [2.45, 2.75) is 25.2 Å². The van der Waals surface area contributed by atoms with Crippen molar-refractivity contribution >= 4 is 5.91 Å². The molecular formula is C21H23F3N2O4. The molecule has 162 valence electrons. The van der Waals surface area contributed by atoms with Crippen molar-refractivity contribution in [2.75, 3.05) is 27.3 Å². The van der Waals surface area contributed by atoms with Gasteiger partial charge in [0, 0.05) is 31.3 Å². The number of benzene rings is 2. The maximum Gasteiger partial charge on any atom is 0.406 e. The van der Waals surface area contributed by atoms with Gasteiger partial charge in [0.2, 0.25) is 5.91 Å². The van der Waals surface area contributed by atoms with E-state index in [1.54, 1.807) is 44.6 Å². The third kappa shape index (κ3) is 5.79. The Morgan fingerprint density at radius 1 is 1.00 bits per heavy atom. The average molecular weight is 424 g/mol. The molecular weight excluding hydrogens is 401 g/mol. The molecule has 0 aromatic heterocycles. The van der Waals surface area contributed by atoms with E-state index >= 15 is 0 Å². The molecule has 1 fully saturated rings. The fraction of sp³-hybridized carbons (Fsp3) is 0.381. The van der Waals surface area contributed by atoms with Crippen molar-refractivity contribution < 1.29 is 32.2 Å². The molecule has 1 atom stereocenters. The fourth-order valence-corrected chi connectivity index (χ4v) is 3.19. The molecule has 1 aliphatic heterocycles. The first-order chi connectivity index (χ1) is 14.3. The summed E-state index contributed by atoms with van der Waals surface area (Å²) in [5.74, 6) is 1.84. The summed E-state index contributed by atoms with van der Waals surface area (Å²) in [6, 6.07) is 11.8. The van der Waals surface area contributed by atoms with Gasteiger partial charge in [0.1, 0.15) is 29.5 Å². The predicted molar refractivity (Wildman–Crippen MR) is 104 cm³/mol. The van der Waals surface area contributed by atoms with Crippen molar-refractivity contribution in [3.63, 3.8) is 0 Å². The molecule has 1 N–H and O–H groups in total. The Morgan fingerprint density at radius 3 is 2.17 bits per heavy atom. The second-order valence-electron chi connectivity index (χ2n) is 6.89. The molecule has 0 radical (unpaired) electrons. The summed E-state index contributed by atoms with van der Waals surface area (Å²) < 4.78 is 53.8. The van der Waals surface area contributed by atoms with Crippen molar-refractivity contribution in [3.05, 3.63) is 48.0 Å². The number of amides is 1. The van der Waals surface area contributed by atoms with Gasteiger partial charge in [0.05, 0.1) is 20.3 Å². The highest BCUT2D eigenvalue weighted by Crippen LogP contribution is 2.31. The van der Waals surface area contributed by atoms with E-state index in [1.807, 2.05) is 12.1 Å². The van der Waals surface area contributed by atoms with E-state index in [9.17, 15) is 18.0 Å². The highest BCUT2D eigenvalue weighted by Gasteiger charge is 2.38. The quantitative estimate of drug-likeness (QED) is 0.700. The molecule has 0 bridgehead atoms. The van der Waals surface area contributed by atoms with Crippen molar-refractivity contribution in [2.24, 2.45) is 0 Å². The molecule has 1 amide bonds. The Balaban J connectivity index is 1.55. The van der Waals surface area contributed by atoms with E-state index in [2.05, 4.69) is 5.32 Å². The zero-order chi connectivity index (χ0) is 21.7. The third-order valence-corrected chi connectivity index (χ3v) is 4.70. The lowest BCUT2D eigenvalue weighted by Crippen LogP contribution is -2.41. The van der Waals surface area contributed by atoms with Crippen LogP contribution in [0.5, 0.6) is 23.0 Å². The Hall–Kier alpha value is -2.94. The first-order valence-corrected chi connectivity index (χ1v) is 9.36. The summed E-state index contributed by atoms with van der Waals surface area (Å²) in [4.78, 5) is 12.9. The summed E-state index contributed by atoms with van der Waals surface area (Å²) in [7, 11) is 3.11. The summed E-state index contributed by atoms with van der Waals surface area (Å²) in [6.45, 7) is -0.735. The summed E-state index contributed by atoms with van der Waals surface area (Å²) >= 11 is 0. The van der Waals surface area contributed by atoms with Gasteiger partial charge in [-0.3, -0.25) is 4.79 Å². The normalized spacial score (nSPS) is 16.6. The Morgan fingerprint density at radius 2 is 1.60 bits per heavy atom. The zero-order valence-corrected chi connectivity index (χ0v) is 16.7. The van der Waals surface area contributed by atoms with Crippen LogP contribution in [0.2, 0.25) is 0 Å². The number of carbonyl (C=O) groups excluding carboxylic acids is 1. The molecule has 1 saturated heterocycles. The predicted octanol–water partition coefficient (Wildman–Crippen LogP) is 3.75. The van der Waals surface area contributed by atoms with Crippen molar-refractivity contribution in [1.29, 1.82) is 0 Å². The lowest BCUT2D eigenvalue weighted by atomic mass is 10.2. The van der Waals surface area contributed by atoms with Crippen LogP contribution in [0.3, 0.4) is 0 Å². The maximum atomic E-state index is 12.5. The molecule has 30 heavy (non-hydrogen) atoms. The molecule has 0 spiro atoms. The van der Waals surface area contributed by atoms with E-state index in [1.165, 1.54) is 0 Å². The standard InChI is InChI=1S/C21H23F3N2O4/c1-28-16-9-17(29-2)11-18(10-16)30-15-5-3-14(4-6-15)12-25-19-7-8-26(20(19)27)13-21(22,23)24/h3-6,9-11,19,25H,7-8,12-13H2,1-2H3. The fourth-order valence-electron chi connectivity index (χ4n) is 3.19. The first-order valence-electron chi connectivity index (χ1n) is 9.36. The van der Waals surface area contributed by atoms with Gasteiger partial charge >= 0.3 is 6.18 Å². The van der Waals surface area contributed by atoms with E-state index in [0.717, 1.165) is 10.5 Å². The summed E-state index contributed by atoms with van der Waals surface area (Å²) in [5, 5.41) is 3.03. The van der Waals surface area contributed by atoms with Gasteiger partial charge in [-0.05, 0) is 24.1 Å². The average Bonchev–Trinajstić information content (AvgIpc) is 3.05. The Kier molecular flexibility index (Phi) is 6.71. The van der Waals surface area contributed by atoms with Crippen molar-refractivity contribution in [1.82, 2.24) is 10.2 Å². The number of likely N-dealkylation sites (tertiary alicyclic amines) is 1. The molecule has 0 aliphatic carbocycles. The van der Waals surface area contributed by atoms with E-state index in [4.69, 9.17) is 14.2 Å². The van der Waals surface area contributed by atoms with E-state index in [0.29, 0.717) is 36.0 Å². The molecule has 6 nitrogen and oxygen atoms in total. The van der Waals surface area contributed by atoms with Crippen LogP contribution in [0, 0.1) is 0 Å². The van der Waals surface area contributed by atoms with Crippen LogP contribution in [0.1, 0.15) is 12.0 Å². The minimum Gasteiger partial charge on any atom is -0.496 e. The van der Waals surface area contributed by atoms with Crippen LogP contribution in [-0.4, -0.2) is 50.3 Å². The minimum atomic E-state index is -4.38. The van der Waals surface area contributed by atoms with E-state index in [-0.39, 0.29) is 6.54 Å². The molecule has 0 saturated carbocycles. The Labute approximate surface area is 172 Å². The number of rotatable bonds is 8. The minimum absolute atomic E-state index is 0.104. The number of alkyl halides is 3. The number of carbonyl (C=O) groups is 1. The van der Waals surface area contributed by atoms with Gasteiger partial charge in [-0.2, -0.15) is 13.2 Å². The highest BCUT2D eigenvalue weighted by atomic mass is 19.4.